The summed E-state index contributed by atoms with van der Waals surface area (Å²) in [4.78, 5) is 11.3. The lowest BCUT2D eigenvalue weighted by Gasteiger charge is -2.02. The Kier molecular flexibility index (Phi) is 3.39. The van der Waals surface area contributed by atoms with Gasteiger partial charge in [0.05, 0.1) is 16.3 Å². The number of rotatable bonds is 3. The number of benzene rings is 1. The van der Waals surface area contributed by atoms with E-state index >= 15 is 0 Å². The molecule has 0 unspecified atom stereocenters. The van der Waals surface area contributed by atoms with Crippen LogP contribution in [0.4, 0.5) is 0 Å². The van der Waals surface area contributed by atoms with Gasteiger partial charge in [0.1, 0.15) is 17.2 Å². The molecule has 3 aromatic rings. The Bertz CT molecular complexity index is 818. The average Bonchev–Trinajstić information content (AvgIpc) is 3.02. The van der Waals surface area contributed by atoms with Gasteiger partial charge in [-0.05, 0) is 32.0 Å². The van der Waals surface area contributed by atoms with Crippen LogP contribution in [-0.2, 0) is 0 Å². The highest BCUT2D eigenvalue weighted by Crippen LogP contribution is 2.29. The van der Waals surface area contributed by atoms with Gasteiger partial charge in [-0.2, -0.15) is 5.10 Å². The first kappa shape index (κ1) is 13.6. The van der Waals surface area contributed by atoms with Crippen molar-refractivity contribution in [2.75, 3.05) is 0 Å². The molecule has 0 amide bonds. The largest absolute Gasteiger partial charge is 0.466 e. The number of hydrogen-bond acceptors (Lipinski definition) is 3. The number of nitrogens with zero attached hydrogens (tertiary/aromatic N) is 2. The zero-order valence-electron chi connectivity index (χ0n) is 11.6. The van der Waals surface area contributed by atoms with Crippen LogP contribution in [0.25, 0.3) is 16.9 Å². The standard InChI is InChI=1S/C16H13ClN2O2/c1-10-7-13(11(2)21-10)16-12(9-20)8-19(18-16)15-6-4-3-5-14(15)17/h3-9H,1-2H3. The topological polar surface area (TPSA) is 48.0 Å². The summed E-state index contributed by atoms with van der Waals surface area (Å²) in [7, 11) is 0. The second-order valence-electron chi connectivity index (χ2n) is 4.77. The summed E-state index contributed by atoms with van der Waals surface area (Å²) in [5, 5.41) is 5.07. The fourth-order valence-electron chi connectivity index (χ4n) is 2.31. The summed E-state index contributed by atoms with van der Waals surface area (Å²) in [5.74, 6) is 1.52. The molecule has 1 aromatic carbocycles. The Morgan fingerprint density at radius 1 is 1.29 bits per heavy atom. The number of halogens is 1. The Labute approximate surface area is 127 Å². The van der Waals surface area contributed by atoms with Gasteiger partial charge in [0.25, 0.3) is 0 Å². The van der Waals surface area contributed by atoms with Crippen molar-refractivity contribution in [2.24, 2.45) is 0 Å². The molecule has 0 atom stereocenters. The summed E-state index contributed by atoms with van der Waals surface area (Å²) in [5.41, 5.74) is 2.64. The third kappa shape index (κ3) is 2.38. The van der Waals surface area contributed by atoms with E-state index in [9.17, 15) is 4.79 Å². The van der Waals surface area contributed by atoms with E-state index in [-0.39, 0.29) is 0 Å². The Hall–Kier alpha value is -2.33. The monoisotopic (exact) mass is 300 g/mol. The lowest BCUT2D eigenvalue weighted by molar-refractivity contribution is 0.112. The van der Waals surface area contributed by atoms with E-state index in [0.717, 1.165) is 29.1 Å². The predicted molar refractivity (Wildman–Crippen MR) is 81.1 cm³/mol. The van der Waals surface area contributed by atoms with Crippen LogP contribution in [0.2, 0.25) is 5.02 Å². The van der Waals surface area contributed by atoms with Crippen LogP contribution >= 0.6 is 11.6 Å². The average molecular weight is 301 g/mol. The lowest BCUT2D eigenvalue weighted by atomic mass is 10.1. The number of furan rings is 1. The van der Waals surface area contributed by atoms with E-state index in [1.807, 2.05) is 38.1 Å². The van der Waals surface area contributed by atoms with Crippen molar-refractivity contribution >= 4 is 17.9 Å². The summed E-state index contributed by atoms with van der Waals surface area (Å²) in [6, 6.07) is 9.23. The molecular formula is C16H13ClN2O2. The van der Waals surface area contributed by atoms with Crippen molar-refractivity contribution in [1.29, 1.82) is 0 Å². The first-order valence-electron chi connectivity index (χ1n) is 6.47. The summed E-state index contributed by atoms with van der Waals surface area (Å²) in [6.45, 7) is 3.72. The number of aryl methyl sites for hydroxylation is 2. The summed E-state index contributed by atoms with van der Waals surface area (Å²) < 4.78 is 7.13. The van der Waals surface area contributed by atoms with Crippen molar-refractivity contribution in [1.82, 2.24) is 9.78 Å². The SMILES string of the molecule is Cc1cc(-c2nn(-c3ccccc3Cl)cc2C=O)c(C)o1. The molecule has 0 radical (unpaired) electrons. The molecule has 106 valence electrons. The highest BCUT2D eigenvalue weighted by Gasteiger charge is 2.17. The van der Waals surface area contributed by atoms with Crippen LogP contribution in [0.1, 0.15) is 21.9 Å². The Morgan fingerprint density at radius 2 is 2.05 bits per heavy atom. The number of para-hydroxylation sites is 1. The van der Waals surface area contributed by atoms with Crippen LogP contribution in [0, 0.1) is 13.8 Å². The molecule has 3 rings (SSSR count). The molecule has 0 spiro atoms. The van der Waals surface area contributed by atoms with E-state index in [1.54, 1.807) is 16.9 Å². The second-order valence-corrected chi connectivity index (χ2v) is 5.18. The van der Waals surface area contributed by atoms with Crippen molar-refractivity contribution in [3.8, 4) is 16.9 Å². The highest BCUT2D eigenvalue weighted by atomic mass is 35.5. The quantitative estimate of drug-likeness (QED) is 0.681. The molecule has 0 fully saturated rings. The van der Waals surface area contributed by atoms with Gasteiger partial charge >= 0.3 is 0 Å². The van der Waals surface area contributed by atoms with Gasteiger partial charge in [-0.3, -0.25) is 4.79 Å². The van der Waals surface area contributed by atoms with Crippen molar-refractivity contribution in [3.05, 3.63) is 58.6 Å². The van der Waals surface area contributed by atoms with Gasteiger partial charge in [-0.1, -0.05) is 23.7 Å². The molecule has 21 heavy (non-hydrogen) atoms. The fraction of sp³-hybridized carbons (Fsp3) is 0.125. The van der Waals surface area contributed by atoms with Crippen LogP contribution in [0.5, 0.6) is 0 Å². The minimum absolute atomic E-state index is 0.499. The van der Waals surface area contributed by atoms with Crippen LogP contribution < -0.4 is 0 Å². The molecule has 0 N–H and O–H groups in total. The molecule has 0 aliphatic carbocycles. The molecule has 5 heteroatoms. The first-order chi connectivity index (χ1) is 10.1. The van der Waals surface area contributed by atoms with Gasteiger partial charge in [0.15, 0.2) is 6.29 Å². The predicted octanol–water partition coefficient (Wildman–Crippen LogP) is 4.22. The molecule has 4 nitrogen and oxygen atoms in total. The van der Waals surface area contributed by atoms with Crippen LogP contribution in [0.3, 0.4) is 0 Å². The fourth-order valence-corrected chi connectivity index (χ4v) is 2.53. The maximum absolute atomic E-state index is 11.3. The first-order valence-corrected chi connectivity index (χ1v) is 6.85. The maximum atomic E-state index is 11.3. The molecule has 0 saturated carbocycles. The van der Waals surface area contributed by atoms with Crippen molar-refractivity contribution in [2.45, 2.75) is 13.8 Å². The molecule has 0 bridgehead atoms. The van der Waals surface area contributed by atoms with E-state index < -0.39 is 0 Å². The summed E-state index contributed by atoms with van der Waals surface area (Å²) in [6.07, 6.45) is 2.46. The van der Waals surface area contributed by atoms with Gasteiger partial charge in [-0.15, -0.1) is 0 Å². The zero-order chi connectivity index (χ0) is 15.0. The van der Waals surface area contributed by atoms with Crippen molar-refractivity contribution < 1.29 is 9.21 Å². The van der Waals surface area contributed by atoms with E-state index in [0.29, 0.717) is 16.3 Å². The van der Waals surface area contributed by atoms with Gasteiger partial charge < -0.3 is 4.42 Å². The van der Waals surface area contributed by atoms with E-state index in [1.165, 1.54) is 0 Å². The lowest BCUT2D eigenvalue weighted by Crippen LogP contribution is -1.95. The van der Waals surface area contributed by atoms with Crippen LogP contribution in [-0.4, -0.2) is 16.1 Å². The molecule has 0 aliphatic rings. The Morgan fingerprint density at radius 3 is 2.67 bits per heavy atom. The number of carbonyl (C=O) groups excluding carboxylic acids is 1. The molecule has 2 aromatic heterocycles. The van der Waals surface area contributed by atoms with Gasteiger partial charge in [0.2, 0.25) is 0 Å². The minimum Gasteiger partial charge on any atom is -0.466 e. The minimum atomic E-state index is 0.499. The third-order valence-corrected chi connectivity index (χ3v) is 3.58. The molecule has 0 aliphatic heterocycles. The third-order valence-electron chi connectivity index (χ3n) is 3.26. The maximum Gasteiger partial charge on any atom is 0.153 e. The van der Waals surface area contributed by atoms with Crippen LogP contribution in [0.15, 0.2) is 40.9 Å². The molecular weight excluding hydrogens is 288 g/mol. The zero-order valence-corrected chi connectivity index (χ0v) is 12.4. The van der Waals surface area contributed by atoms with E-state index in [2.05, 4.69) is 5.10 Å². The summed E-state index contributed by atoms with van der Waals surface area (Å²) >= 11 is 6.18. The van der Waals surface area contributed by atoms with Crippen molar-refractivity contribution in [3.63, 3.8) is 0 Å². The highest BCUT2D eigenvalue weighted by molar-refractivity contribution is 6.32. The smallest absolute Gasteiger partial charge is 0.153 e. The number of aromatic nitrogens is 2. The van der Waals surface area contributed by atoms with Gasteiger partial charge in [-0.25, -0.2) is 4.68 Å². The second kappa shape index (κ2) is 5.22. The number of aldehydes is 1. The molecule has 2 heterocycles. The Balaban J connectivity index is 2.18. The van der Waals surface area contributed by atoms with E-state index in [4.69, 9.17) is 16.0 Å². The van der Waals surface area contributed by atoms with Gasteiger partial charge in [0, 0.05) is 11.8 Å². The molecule has 0 saturated heterocycles. The number of carbonyl (C=O) groups is 1. The normalized spacial score (nSPS) is 10.8. The number of hydrogen-bond donors (Lipinski definition) is 0.